The van der Waals surface area contributed by atoms with Gasteiger partial charge in [-0.15, -0.1) is 0 Å². The van der Waals surface area contributed by atoms with Crippen molar-refractivity contribution in [3.8, 4) is 16.9 Å². The SMILES string of the molecule is Cc1n[nH]cc1-c1c[c]cc(OCCNC(=O)c2cnc(N)s2)c1. The second kappa shape index (κ2) is 7.14. The van der Waals surface area contributed by atoms with E-state index in [1.54, 1.807) is 6.07 Å². The molecular weight excluding hydrogens is 326 g/mol. The van der Waals surface area contributed by atoms with Gasteiger partial charge in [-0.25, -0.2) is 4.98 Å². The number of hydrogen-bond donors (Lipinski definition) is 3. The second-order valence-electron chi connectivity index (χ2n) is 5.01. The van der Waals surface area contributed by atoms with E-state index in [0.717, 1.165) is 28.2 Å². The number of hydrogen-bond acceptors (Lipinski definition) is 6. The van der Waals surface area contributed by atoms with E-state index in [0.29, 0.717) is 28.9 Å². The van der Waals surface area contributed by atoms with E-state index in [1.165, 1.54) is 6.20 Å². The van der Waals surface area contributed by atoms with Crippen molar-refractivity contribution < 1.29 is 9.53 Å². The lowest BCUT2D eigenvalue weighted by Crippen LogP contribution is -2.27. The molecule has 123 valence electrons. The number of H-pyrrole nitrogens is 1. The van der Waals surface area contributed by atoms with E-state index in [2.05, 4.69) is 26.6 Å². The van der Waals surface area contributed by atoms with E-state index in [4.69, 9.17) is 10.5 Å². The van der Waals surface area contributed by atoms with Crippen LogP contribution in [0.3, 0.4) is 0 Å². The summed E-state index contributed by atoms with van der Waals surface area (Å²) >= 11 is 1.15. The number of aromatic nitrogens is 3. The Hall–Kier alpha value is -2.87. The molecule has 0 aliphatic carbocycles. The van der Waals surface area contributed by atoms with Crippen LogP contribution in [0, 0.1) is 13.0 Å². The molecule has 1 radical (unpaired) electrons. The van der Waals surface area contributed by atoms with Gasteiger partial charge in [-0.05, 0) is 36.8 Å². The Morgan fingerprint density at radius 1 is 1.50 bits per heavy atom. The smallest absolute Gasteiger partial charge is 0.263 e. The van der Waals surface area contributed by atoms with Crippen molar-refractivity contribution >= 4 is 22.4 Å². The van der Waals surface area contributed by atoms with E-state index in [-0.39, 0.29) is 5.91 Å². The van der Waals surface area contributed by atoms with Crippen molar-refractivity contribution in [2.75, 3.05) is 18.9 Å². The summed E-state index contributed by atoms with van der Waals surface area (Å²) < 4.78 is 5.66. The van der Waals surface area contributed by atoms with Crippen LogP contribution in [-0.2, 0) is 0 Å². The average Bonchev–Trinajstić information content (AvgIpc) is 3.20. The zero-order valence-corrected chi connectivity index (χ0v) is 13.8. The van der Waals surface area contributed by atoms with Gasteiger partial charge in [0.1, 0.15) is 17.2 Å². The molecule has 2 aromatic heterocycles. The second-order valence-corrected chi connectivity index (χ2v) is 6.07. The normalized spacial score (nSPS) is 10.5. The van der Waals surface area contributed by atoms with Gasteiger partial charge in [-0.3, -0.25) is 9.89 Å². The molecule has 0 aliphatic heterocycles. The third-order valence-corrected chi connectivity index (χ3v) is 4.13. The number of nitrogens with zero attached hydrogens (tertiary/aromatic N) is 2. The van der Waals surface area contributed by atoms with Crippen LogP contribution in [0.5, 0.6) is 5.75 Å². The number of nitrogens with one attached hydrogen (secondary N) is 2. The number of nitrogen functional groups attached to an aromatic ring is 1. The molecule has 0 saturated heterocycles. The van der Waals surface area contributed by atoms with E-state index in [9.17, 15) is 4.79 Å². The Balaban J connectivity index is 1.52. The molecule has 2 heterocycles. The van der Waals surface area contributed by atoms with Crippen molar-refractivity contribution in [2.24, 2.45) is 0 Å². The van der Waals surface area contributed by atoms with E-state index < -0.39 is 0 Å². The summed E-state index contributed by atoms with van der Waals surface area (Å²) in [6.07, 6.45) is 3.30. The van der Waals surface area contributed by atoms with Crippen molar-refractivity contribution in [2.45, 2.75) is 6.92 Å². The predicted octanol–water partition coefficient (Wildman–Crippen LogP) is 2.03. The molecule has 8 heteroatoms. The number of aromatic amines is 1. The lowest BCUT2D eigenvalue weighted by Gasteiger charge is -2.08. The van der Waals surface area contributed by atoms with Gasteiger partial charge in [-0.2, -0.15) is 5.10 Å². The minimum atomic E-state index is -0.206. The third-order valence-electron chi connectivity index (χ3n) is 3.31. The highest BCUT2D eigenvalue weighted by Crippen LogP contribution is 2.25. The van der Waals surface area contributed by atoms with Gasteiger partial charge < -0.3 is 15.8 Å². The first-order chi connectivity index (χ1) is 11.6. The Bertz CT molecular complexity index is 842. The Kier molecular flexibility index (Phi) is 4.76. The maximum absolute atomic E-state index is 11.8. The largest absolute Gasteiger partial charge is 0.492 e. The number of amides is 1. The Labute approximate surface area is 142 Å². The zero-order chi connectivity index (χ0) is 16.9. The van der Waals surface area contributed by atoms with Gasteiger partial charge in [0, 0.05) is 11.8 Å². The van der Waals surface area contributed by atoms with Gasteiger partial charge in [0.15, 0.2) is 5.13 Å². The van der Waals surface area contributed by atoms with Gasteiger partial charge in [0.05, 0.1) is 18.4 Å². The lowest BCUT2D eigenvalue weighted by molar-refractivity contribution is 0.0951. The lowest BCUT2D eigenvalue weighted by atomic mass is 10.1. The van der Waals surface area contributed by atoms with Crippen LogP contribution < -0.4 is 15.8 Å². The van der Waals surface area contributed by atoms with Gasteiger partial charge in [-0.1, -0.05) is 11.3 Å². The third kappa shape index (κ3) is 3.72. The highest BCUT2D eigenvalue weighted by atomic mass is 32.1. The molecule has 0 spiro atoms. The fraction of sp³-hybridized carbons (Fsp3) is 0.188. The van der Waals surface area contributed by atoms with Crippen LogP contribution in [0.1, 0.15) is 15.4 Å². The summed E-state index contributed by atoms with van der Waals surface area (Å²) in [6, 6.07) is 8.60. The highest BCUT2D eigenvalue weighted by Gasteiger charge is 2.09. The highest BCUT2D eigenvalue weighted by molar-refractivity contribution is 7.17. The summed E-state index contributed by atoms with van der Waals surface area (Å²) in [4.78, 5) is 16.2. The van der Waals surface area contributed by atoms with Gasteiger partial charge in [0.2, 0.25) is 0 Å². The first-order valence-corrected chi connectivity index (χ1v) is 8.09. The molecule has 3 rings (SSSR count). The number of benzene rings is 1. The van der Waals surface area contributed by atoms with Crippen LogP contribution in [0.2, 0.25) is 0 Å². The minimum absolute atomic E-state index is 0.206. The van der Waals surface area contributed by atoms with E-state index in [1.807, 2.05) is 25.3 Å². The first-order valence-electron chi connectivity index (χ1n) is 7.27. The number of carbonyl (C=O) groups excluding carboxylic acids is 1. The summed E-state index contributed by atoms with van der Waals surface area (Å²) in [5, 5.41) is 10.1. The molecule has 0 bridgehead atoms. The van der Waals surface area contributed by atoms with Crippen LogP contribution in [0.25, 0.3) is 11.1 Å². The standard InChI is InChI=1S/C16H16N5O2S/c1-10-13(8-20-21-10)11-3-2-4-12(7-11)23-6-5-18-15(22)14-9-19-16(17)24-14/h3-4,7-9H,5-6H2,1H3,(H2,17,19)(H,18,22)(H,20,21). The number of ether oxygens (including phenoxy) is 1. The predicted molar refractivity (Wildman–Crippen MR) is 92.0 cm³/mol. The number of aryl methyl sites for hydroxylation is 1. The molecule has 3 aromatic rings. The summed E-state index contributed by atoms with van der Waals surface area (Å²) in [6.45, 7) is 2.66. The van der Waals surface area contributed by atoms with Crippen molar-refractivity contribution in [1.29, 1.82) is 0 Å². The van der Waals surface area contributed by atoms with Crippen LogP contribution >= 0.6 is 11.3 Å². The molecule has 1 amide bonds. The maximum atomic E-state index is 11.8. The molecule has 1 aromatic carbocycles. The number of carbonyl (C=O) groups is 1. The first kappa shape index (κ1) is 16.0. The average molecular weight is 342 g/mol. The fourth-order valence-electron chi connectivity index (χ4n) is 2.15. The fourth-order valence-corrected chi connectivity index (χ4v) is 2.75. The minimum Gasteiger partial charge on any atom is -0.492 e. The molecule has 0 aliphatic rings. The van der Waals surface area contributed by atoms with Crippen LogP contribution in [-0.4, -0.2) is 34.2 Å². The molecule has 0 fully saturated rings. The molecular formula is C16H16N5O2S. The maximum Gasteiger partial charge on any atom is 0.263 e. The number of nitrogens with two attached hydrogens (primary N) is 1. The topological polar surface area (TPSA) is 106 Å². The molecule has 0 saturated carbocycles. The van der Waals surface area contributed by atoms with Gasteiger partial charge in [0.25, 0.3) is 5.91 Å². The summed E-state index contributed by atoms with van der Waals surface area (Å²) in [5.74, 6) is 0.478. The van der Waals surface area contributed by atoms with Crippen molar-refractivity contribution in [1.82, 2.24) is 20.5 Å². The summed E-state index contributed by atoms with van der Waals surface area (Å²) in [5.41, 5.74) is 8.40. The van der Waals surface area contributed by atoms with Crippen LogP contribution in [0.15, 0.2) is 30.6 Å². The van der Waals surface area contributed by atoms with Crippen molar-refractivity contribution in [3.05, 3.63) is 47.2 Å². The number of thiazole rings is 1. The van der Waals surface area contributed by atoms with E-state index >= 15 is 0 Å². The number of anilines is 1. The monoisotopic (exact) mass is 342 g/mol. The van der Waals surface area contributed by atoms with Crippen molar-refractivity contribution in [3.63, 3.8) is 0 Å². The van der Waals surface area contributed by atoms with Crippen LogP contribution in [0.4, 0.5) is 5.13 Å². The molecule has 4 N–H and O–H groups in total. The Morgan fingerprint density at radius 2 is 2.38 bits per heavy atom. The molecule has 7 nitrogen and oxygen atoms in total. The quantitative estimate of drug-likeness (QED) is 0.594. The number of rotatable bonds is 6. The molecule has 0 atom stereocenters. The Morgan fingerprint density at radius 3 is 3.08 bits per heavy atom. The summed E-state index contributed by atoms with van der Waals surface area (Å²) in [7, 11) is 0. The molecule has 0 unspecified atom stereocenters. The molecule has 24 heavy (non-hydrogen) atoms. The zero-order valence-electron chi connectivity index (χ0n) is 13.0. The van der Waals surface area contributed by atoms with Gasteiger partial charge >= 0.3 is 0 Å².